The van der Waals surface area contributed by atoms with Crippen molar-refractivity contribution in [2.75, 3.05) is 49.2 Å². The minimum absolute atomic E-state index is 0.150. The quantitative estimate of drug-likeness (QED) is 0.653. The van der Waals surface area contributed by atoms with E-state index in [0.717, 1.165) is 43.6 Å². The van der Waals surface area contributed by atoms with Crippen molar-refractivity contribution in [2.45, 2.75) is 32.7 Å². The number of carbonyl (C=O) groups excluding carboxylic acids is 1. The second kappa shape index (κ2) is 9.30. The van der Waals surface area contributed by atoms with Gasteiger partial charge in [-0.1, -0.05) is 25.5 Å². The number of aromatic nitrogens is 3. The average Bonchev–Trinajstić information content (AvgIpc) is 2.76. The molecule has 9 heteroatoms. The summed E-state index contributed by atoms with van der Waals surface area (Å²) in [5, 5.41) is 2.78. The van der Waals surface area contributed by atoms with Gasteiger partial charge in [-0.2, -0.15) is 9.97 Å². The van der Waals surface area contributed by atoms with Gasteiger partial charge in [0.15, 0.2) is 11.6 Å². The van der Waals surface area contributed by atoms with E-state index >= 15 is 0 Å². The normalized spacial score (nSPS) is 16.5. The number of nitrogens with zero attached hydrogens (tertiary/aromatic N) is 5. The minimum Gasteiger partial charge on any atom is -0.463 e. The van der Waals surface area contributed by atoms with E-state index in [2.05, 4.69) is 51.3 Å². The zero-order chi connectivity index (χ0) is 21.8. The molecule has 4 rings (SSSR count). The Bertz CT molecular complexity index is 975. The van der Waals surface area contributed by atoms with Crippen LogP contribution in [0, 0.1) is 0 Å². The summed E-state index contributed by atoms with van der Waals surface area (Å²) in [6.45, 7) is 5.27. The number of nitrogens with two attached hydrogens (primary N) is 1. The number of hydrogen-bond acceptors (Lipinski definition) is 8. The number of hydrogen-bond donors (Lipinski definition) is 2. The SMILES string of the molecule is CCCCOc1nc(N)c2c(n1)N(Cc1ccc(C3=CCN(C)CC3)nc1)CC(=O)N2. The fourth-order valence-corrected chi connectivity index (χ4v) is 3.66. The van der Waals surface area contributed by atoms with E-state index in [1.807, 2.05) is 17.2 Å². The van der Waals surface area contributed by atoms with Crippen molar-refractivity contribution >= 4 is 28.8 Å². The van der Waals surface area contributed by atoms with Crippen LogP contribution in [0.4, 0.5) is 17.3 Å². The lowest BCUT2D eigenvalue weighted by molar-refractivity contribution is -0.115. The molecule has 2 aromatic heterocycles. The third-order valence-electron chi connectivity index (χ3n) is 5.46. The van der Waals surface area contributed by atoms with Crippen LogP contribution in [0.5, 0.6) is 6.01 Å². The maximum Gasteiger partial charge on any atom is 0.320 e. The number of amides is 1. The van der Waals surface area contributed by atoms with Gasteiger partial charge in [-0.3, -0.25) is 9.78 Å². The van der Waals surface area contributed by atoms with Crippen LogP contribution in [0.2, 0.25) is 0 Å². The highest BCUT2D eigenvalue weighted by Gasteiger charge is 2.27. The van der Waals surface area contributed by atoms with E-state index in [-0.39, 0.29) is 24.3 Å². The second-order valence-electron chi connectivity index (χ2n) is 7.99. The van der Waals surface area contributed by atoms with Gasteiger partial charge in [0.05, 0.1) is 18.8 Å². The third-order valence-corrected chi connectivity index (χ3v) is 5.46. The Morgan fingerprint density at radius 3 is 2.87 bits per heavy atom. The maximum absolute atomic E-state index is 12.2. The topological polar surface area (TPSA) is 110 Å². The van der Waals surface area contributed by atoms with Gasteiger partial charge < -0.3 is 25.6 Å². The fraction of sp³-hybridized carbons (Fsp3) is 0.455. The number of rotatable bonds is 7. The zero-order valence-electron chi connectivity index (χ0n) is 18.1. The molecule has 0 aromatic carbocycles. The molecular weight excluding hydrogens is 394 g/mol. The molecule has 0 saturated heterocycles. The predicted molar refractivity (Wildman–Crippen MR) is 121 cm³/mol. The van der Waals surface area contributed by atoms with Gasteiger partial charge in [0.25, 0.3) is 0 Å². The summed E-state index contributed by atoms with van der Waals surface area (Å²) in [6.07, 6.45) is 7.02. The zero-order valence-corrected chi connectivity index (χ0v) is 18.1. The summed E-state index contributed by atoms with van der Waals surface area (Å²) in [6, 6.07) is 4.33. The number of unbranched alkanes of at least 4 members (excludes halogenated alkanes) is 1. The Morgan fingerprint density at radius 2 is 2.16 bits per heavy atom. The van der Waals surface area contributed by atoms with Crippen molar-refractivity contribution in [3.05, 3.63) is 35.7 Å². The van der Waals surface area contributed by atoms with E-state index < -0.39 is 0 Å². The van der Waals surface area contributed by atoms with E-state index in [1.54, 1.807) is 0 Å². The molecule has 2 aromatic rings. The minimum atomic E-state index is -0.150. The molecule has 0 fully saturated rings. The first kappa shape index (κ1) is 21.0. The van der Waals surface area contributed by atoms with E-state index in [4.69, 9.17) is 10.5 Å². The molecule has 0 atom stereocenters. The smallest absolute Gasteiger partial charge is 0.320 e. The summed E-state index contributed by atoms with van der Waals surface area (Å²) < 4.78 is 5.65. The first-order valence-corrected chi connectivity index (χ1v) is 10.7. The molecule has 0 unspecified atom stereocenters. The fourth-order valence-electron chi connectivity index (χ4n) is 3.66. The Hall–Kier alpha value is -3.20. The van der Waals surface area contributed by atoms with Crippen LogP contribution in [-0.4, -0.2) is 59.0 Å². The molecule has 0 bridgehead atoms. The molecule has 2 aliphatic rings. The number of likely N-dealkylation sites (N-methyl/N-ethyl adjacent to an activating group) is 1. The first-order chi connectivity index (χ1) is 15.0. The van der Waals surface area contributed by atoms with E-state index in [1.165, 1.54) is 5.57 Å². The lowest BCUT2D eigenvalue weighted by Crippen LogP contribution is -2.39. The highest BCUT2D eigenvalue weighted by Crippen LogP contribution is 2.34. The number of fused-ring (bicyclic) bond motifs is 1. The Balaban J connectivity index is 1.53. The lowest BCUT2D eigenvalue weighted by atomic mass is 10.0. The molecule has 3 N–H and O–H groups in total. The van der Waals surface area contributed by atoms with Crippen LogP contribution in [-0.2, 0) is 11.3 Å². The molecule has 2 aliphatic heterocycles. The van der Waals surface area contributed by atoms with Gasteiger partial charge >= 0.3 is 6.01 Å². The van der Waals surface area contributed by atoms with Crippen molar-refractivity contribution < 1.29 is 9.53 Å². The van der Waals surface area contributed by atoms with Crippen molar-refractivity contribution in [2.24, 2.45) is 0 Å². The third kappa shape index (κ3) is 4.93. The average molecular weight is 424 g/mol. The van der Waals surface area contributed by atoms with Crippen LogP contribution < -0.4 is 20.7 Å². The van der Waals surface area contributed by atoms with E-state index in [9.17, 15) is 4.79 Å². The van der Waals surface area contributed by atoms with Crippen LogP contribution in [0.1, 0.15) is 37.4 Å². The molecule has 0 spiro atoms. The Morgan fingerprint density at radius 1 is 1.29 bits per heavy atom. The largest absolute Gasteiger partial charge is 0.463 e. The molecule has 9 nitrogen and oxygen atoms in total. The van der Waals surface area contributed by atoms with Gasteiger partial charge in [-0.15, -0.1) is 0 Å². The number of carbonyl (C=O) groups is 1. The highest BCUT2D eigenvalue weighted by molar-refractivity contribution is 6.03. The molecule has 0 radical (unpaired) electrons. The first-order valence-electron chi connectivity index (χ1n) is 10.7. The van der Waals surface area contributed by atoms with Crippen molar-refractivity contribution in [3.63, 3.8) is 0 Å². The van der Waals surface area contributed by atoms with Crippen LogP contribution in [0.3, 0.4) is 0 Å². The van der Waals surface area contributed by atoms with Gasteiger partial charge in [0, 0.05) is 25.8 Å². The van der Waals surface area contributed by atoms with Gasteiger partial charge in [-0.05, 0) is 37.1 Å². The monoisotopic (exact) mass is 423 g/mol. The van der Waals surface area contributed by atoms with Crippen LogP contribution in [0.15, 0.2) is 24.4 Å². The molecule has 0 saturated carbocycles. The van der Waals surface area contributed by atoms with Crippen LogP contribution >= 0.6 is 0 Å². The van der Waals surface area contributed by atoms with Crippen LogP contribution in [0.25, 0.3) is 5.57 Å². The summed E-state index contributed by atoms with van der Waals surface area (Å²) in [5.41, 5.74) is 9.79. The maximum atomic E-state index is 12.2. The Kier molecular flexibility index (Phi) is 6.31. The molecular formula is C22H29N7O2. The second-order valence-corrected chi connectivity index (χ2v) is 7.99. The molecule has 31 heavy (non-hydrogen) atoms. The summed E-state index contributed by atoms with van der Waals surface area (Å²) in [7, 11) is 2.12. The van der Waals surface area contributed by atoms with Gasteiger partial charge in [-0.25, -0.2) is 0 Å². The van der Waals surface area contributed by atoms with Crippen molar-refractivity contribution in [1.82, 2.24) is 19.9 Å². The van der Waals surface area contributed by atoms with Crippen molar-refractivity contribution in [3.8, 4) is 6.01 Å². The predicted octanol–water partition coefficient (Wildman–Crippen LogP) is 2.31. The van der Waals surface area contributed by atoms with Crippen molar-refractivity contribution in [1.29, 1.82) is 0 Å². The van der Waals surface area contributed by atoms with E-state index in [0.29, 0.717) is 24.7 Å². The van der Waals surface area contributed by atoms with Gasteiger partial charge in [0.1, 0.15) is 5.69 Å². The summed E-state index contributed by atoms with van der Waals surface area (Å²) in [5.74, 6) is 0.626. The lowest BCUT2D eigenvalue weighted by Gasteiger charge is -2.30. The molecule has 0 aliphatic carbocycles. The Labute approximate surface area is 182 Å². The molecule has 164 valence electrons. The standard InChI is InChI=1S/C22H29N7O2/c1-3-4-11-31-22-26-20(23)19-21(27-22)29(14-18(30)25-19)13-15-5-6-17(24-12-15)16-7-9-28(2)10-8-16/h5-7,12H,3-4,8-11,13-14H2,1-2H3,(H,25,30)(H2,23,26,27). The highest BCUT2D eigenvalue weighted by atomic mass is 16.5. The number of anilines is 3. The number of nitrogen functional groups attached to an aromatic ring is 1. The summed E-state index contributed by atoms with van der Waals surface area (Å²) in [4.78, 5) is 29.8. The number of ether oxygens (including phenoxy) is 1. The molecule has 4 heterocycles. The van der Waals surface area contributed by atoms with Gasteiger partial charge in [0.2, 0.25) is 5.91 Å². The summed E-state index contributed by atoms with van der Waals surface area (Å²) >= 11 is 0. The number of nitrogens with one attached hydrogen (secondary N) is 1. The molecule has 1 amide bonds. The number of pyridine rings is 1.